The van der Waals surface area contributed by atoms with Crippen molar-refractivity contribution in [1.82, 2.24) is 0 Å². The van der Waals surface area contributed by atoms with Crippen molar-refractivity contribution in [2.45, 2.75) is 90.7 Å². The molecule has 51 heavy (non-hydrogen) atoms. The van der Waals surface area contributed by atoms with Crippen LogP contribution in [0.2, 0.25) is 65.0 Å². The van der Waals surface area contributed by atoms with Crippen LogP contribution in [0.3, 0.4) is 0 Å². The van der Waals surface area contributed by atoms with E-state index in [0.717, 1.165) is 59.9 Å². The van der Waals surface area contributed by atoms with Crippen molar-refractivity contribution in [2.75, 3.05) is 13.7 Å². The number of carbonyl (C=O) groups is 1. The van der Waals surface area contributed by atoms with Gasteiger partial charge in [0.1, 0.15) is 17.2 Å². The predicted molar refractivity (Wildman–Crippen MR) is 215 cm³/mol. The fourth-order valence-electron chi connectivity index (χ4n) is 6.44. The van der Waals surface area contributed by atoms with Gasteiger partial charge < -0.3 is 34.8 Å². The summed E-state index contributed by atoms with van der Waals surface area (Å²) in [6.07, 6.45) is 7.44. The molecule has 0 unspecified atom stereocenters. The molecule has 1 fully saturated rings. The molecular weight excluding hydrogens is 729 g/mol. The molecule has 0 N–H and O–H groups in total. The lowest BCUT2D eigenvalue weighted by Crippen LogP contribution is -2.67. The van der Waals surface area contributed by atoms with Crippen molar-refractivity contribution in [2.24, 2.45) is 0 Å². The van der Waals surface area contributed by atoms with Crippen LogP contribution in [-0.4, -0.2) is 62.5 Å². The van der Waals surface area contributed by atoms with Crippen LogP contribution < -0.4 is 14.2 Å². The minimum atomic E-state index is -2.94. The van der Waals surface area contributed by atoms with Crippen molar-refractivity contribution in [3.63, 3.8) is 0 Å². The second kappa shape index (κ2) is 17.5. The normalized spacial score (nSPS) is 18.1. The summed E-state index contributed by atoms with van der Waals surface area (Å²) in [5.74, 6) is 1.67. The average Bonchev–Trinajstić information content (AvgIpc) is 3.01. The molecule has 0 radical (unpaired) electrons. The molecule has 0 bridgehead atoms. The lowest BCUT2D eigenvalue weighted by molar-refractivity contribution is -0.128. The Morgan fingerprint density at radius 2 is 1.14 bits per heavy atom. The van der Waals surface area contributed by atoms with Crippen LogP contribution in [-0.2, 0) is 25.4 Å². The standard InChI is InChI=1S/C37H56O9Si5/c1-39-34-22-15-31(16-23-34)17-28-37(38)41-36-26-20-33(21-27-36)32-18-24-35(25-19-32)40-29-13-11-12-14-30-47(2,3)42-51(10)45-49(6,7)43-48(4,5)44-50(8,9)46-51/h15-28H,11-14,29-30H2,1-10H3/b28-17+. The van der Waals surface area contributed by atoms with E-state index in [-0.39, 0.29) is 0 Å². The summed E-state index contributed by atoms with van der Waals surface area (Å²) >= 11 is 0. The number of carbonyl (C=O) groups excluding carboxylic acids is 1. The number of esters is 1. The smallest absolute Gasteiger partial charge is 0.469 e. The summed E-state index contributed by atoms with van der Waals surface area (Å²) in [5.41, 5.74) is 2.97. The number of unbranched alkanes of at least 4 members (excludes halogenated alkanes) is 3. The molecule has 14 heteroatoms. The lowest BCUT2D eigenvalue weighted by Gasteiger charge is -2.48. The quantitative estimate of drug-likeness (QED) is 0.0491. The summed E-state index contributed by atoms with van der Waals surface area (Å²) in [4.78, 5) is 12.3. The van der Waals surface area contributed by atoms with Gasteiger partial charge in [-0.3, -0.25) is 0 Å². The Bertz CT molecular complexity index is 1570. The van der Waals surface area contributed by atoms with E-state index in [4.69, 9.17) is 34.8 Å². The SMILES string of the molecule is COc1ccc(/C=C/C(=O)Oc2ccc(-c3ccc(OCCCCCC[Si](C)(C)O[Si]4(C)O[Si](C)(C)O[Si](C)(C)O[Si](C)(C)O4)cc3)cc2)cc1. The largest absolute Gasteiger partial charge is 0.497 e. The number of hydrogen-bond acceptors (Lipinski definition) is 9. The number of ether oxygens (including phenoxy) is 3. The van der Waals surface area contributed by atoms with E-state index in [1.807, 2.05) is 67.2 Å². The zero-order chi connectivity index (χ0) is 37.3. The van der Waals surface area contributed by atoms with Gasteiger partial charge in [-0.15, -0.1) is 0 Å². The van der Waals surface area contributed by atoms with Crippen molar-refractivity contribution in [1.29, 1.82) is 0 Å². The van der Waals surface area contributed by atoms with Crippen LogP contribution in [0.4, 0.5) is 0 Å². The Hall–Kier alpha value is -2.65. The average molecular weight is 785 g/mol. The summed E-state index contributed by atoms with van der Waals surface area (Å²) in [6, 6.07) is 24.0. The van der Waals surface area contributed by atoms with Gasteiger partial charge in [-0.05, 0) is 124 Å². The van der Waals surface area contributed by atoms with E-state index in [0.29, 0.717) is 12.4 Å². The maximum Gasteiger partial charge on any atom is 0.469 e. The third-order valence-corrected chi connectivity index (χ3v) is 28.1. The zero-order valence-corrected chi connectivity index (χ0v) is 37.0. The first kappa shape index (κ1) is 41.1. The van der Waals surface area contributed by atoms with Gasteiger partial charge in [0.2, 0.25) is 0 Å². The third-order valence-electron chi connectivity index (χ3n) is 8.04. The molecule has 278 valence electrons. The molecule has 0 spiro atoms. The Morgan fingerprint density at radius 1 is 0.647 bits per heavy atom. The van der Waals surface area contributed by atoms with Gasteiger partial charge in [0.15, 0.2) is 8.32 Å². The topological polar surface area (TPSA) is 90.9 Å². The molecule has 3 aromatic rings. The second-order valence-electron chi connectivity index (χ2n) is 14.9. The molecule has 0 saturated carbocycles. The Morgan fingerprint density at radius 3 is 1.69 bits per heavy atom. The lowest BCUT2D eigenvalue weighted by atomic mass is 10.1. The van der Waals surface area contributed by atoms with E-state index in [2.05, 4.69) is 52.4 Å². The zero-order valence-electron chi connectivity index (χ0n) is 32.0. The van der Waals surface area contributed by atoms with E-state index >= 15 is 0 Å². The fraction of sp³-hybridized carbons (Fsp3) is 0.432. The van der Waals surface area contributed by atoms with Crippen LogP contribution in [0.25, 0.3) is 17.2 Å². The van der Waals surface area contributed by atoms with Gasteiger partial charge in [-0.1, -0.05) is 55.7 Å². The molecule has 1 aliphatic rings. The van der Waals surface area contributed by atoms with E-state index in [1.165, 1.54) is 6.08 Å². The van der Waals surface area contributed by atoms with Crippen molar-refractivity contribution in [3.8, 4) is 28.4 Å². The van der Waals surface area contributed by atoms with Gasteiger partial charge in [-0.25, -0.2) is 4.79 Å². The minimum absolute atomic E-state index is 0.436. The highest BCUT2D eigenvalue weighted by Crippen LogP contribution is 2.34. The molecule has 1 heterocycles. The van der Waals surface area contributed by atoms with Gasteiger partial charge in [-0.2, -0.15) is 0 Å². The van der Waals surface area contributed by atoms with Crippen LogP contribution in [0.1, 0.15) is 31.2 Å². The molecular formula is C37H56O9Si5. The Kier molecular flexibility index (Phi) is 14.1. The summed E-state index contributed by atoms with van der Waals surface area (Å²) in [5, 5.41) is 0. The minimum Gasteiger partial charge on any atom is -0.497 e. The van der Waals surface area contributed by atoms with Gasteiger partial charge >= 0.3 is 40.5 Å². The number of methoxy groups -OCH3 is 1. The monoisotopic (exact) mass is 784 g/mol. The maximum atomic E-state index is 12.3. The fourth-order valence-corrected chi connectivity index (χ4v) is 31.8. The molecule has 3 aromatic carbocycles. The second-order valence-corrected chi connectivity index (χ2v) is 33.1. The first-order chi connectivity index (χ1) is 23.9. The van der Waals surface area contributed by atoms with Crippen LogP contribution in [0, 0.1) is 0 Å². The van der Waals surface area contributed by atoms with Gasteiger partial charge in [0.05, 0.1) is 13.7 Å². The van der Waals surface area contributed by atoms with Gasteiger partial charge in [0.25, 0.3) is 0 Å². The Labute approximate surface area is 310 Å². The third kappa shape index (κ3) is 14.0. The molecule has 1 saturated heterocycles. The number of rotatable bonds is 15. The highest BCUT2D eigenvalue weighted by Gasteiger charge is 2.55. The summed E-state index contributed by atoms with van der Waals surface area (Å²) < 4.78 is 49.7. The van der Waals surface area contributed by atoms with E-state index < -0.39 is 48.8 Å². The summed E-state index contributed by atoms with van der Waals surface area (Å²) in [6.45, 7) is 19.7. The van der Waals surface area contributed by atoms with E-state index in [9.17, 15) is 4.79 Å². The molecule has 0 aliphatic carbocycles. The van der Waals surface area contributed by atoms with Crippen LogP contribution in [0.15, 0.2) is 78.9 Å². The molecule has 9 nitrogen and oxygen atoms in total. The molecule has 1 aliphatic heterocycles. The first-order valence-corrected chi connectivity index (χ1v) is 31.5. The number of hydrogen-bond donors (Lipinski definition) is 0. The van der Waals surface area contributed by atoms with Crippen molar-refractivity contribution < 1.29 is 39.6 Å². The Balaban J connectivity index is 1.15. The molecule has 0 atom stereocenters. The predicted octanol–water partition coefficient (Wildman–Crippen LogP) is 9.90. The molecule has 0 amide bonds. The van der Waals surface area contributed by atoms with Crippen molar-refractivity contribution in [3.05, 3.63) is 84.4 Å². The van der Waals surface area contributed by atoms with Crippen LogP contribution in [0.5, 0.6) is 17.2 Å². The van der Waals surface area contributed by atoms with Crippen molar-refractivity contribution >= 4 is 54.8 Å². The number of benzene rings is 3. The van der Waals surface area contributed by atoms with Crippen LogP contribution >= 0.6 is 0 Å². The highest BCUT2D eigenvalue weighted by molar-refractivity contribution is 6.93. The maximum absolute atomic E-state index is 12.3. The van der Waals surface area contributed by atoms with Gasteiger partial charge in [0, 0.05) is 12.6 Å². The molecule has 0 aromatic heterocycles. The van der Waals surface area contributed by atoms with E-state index in [1.54, 1.807) is 25.3 Å². The first-order valence-electron chi connectivity index (χ1n) is 17.7. The molecule has 4 rings (SSSR count). The highest BCUT2D eigenvalue weighted by atomic mass is 28.5. The summed E-state index contributed by atoms with van der Waals surface area (Å²) in [7, 11) is -10.6.